The van der Waals surface area contributed by atoms with Crippen molar-refractivity contribution >= 4 is 34.5 Å². The van der Waals surface area contributed by atoms with Crippen molar-refractivity contribution in [3.63, 3.8) is 0 Å². The van der Waals surface area contributed by atoms with E-state index < -0.39 is 12.0 Å². The summed E-state index contributed by atoms with van der Waals surface area (Å²) in [5.41, 5.74) is 4.38. The molecule has 2 aliphatic heterocycles. The Morgan fingerprint density at radius 2 is 1.82 bits per heavy atom. The van der Waals surface area contributed by atoms with Gasteiger partial charge in [0.05, 0.1) is 38.0 Å². The van der Waals surface area contributed by atoms with Gasteiger partial charge in [-0.15, -0.1) is 0 Å². The van der Waals surface area contributed by atoms with Gasteiger partial charge in [-0.1, -0.05) is 47.7 Å². The first-order chi connectivity index (χ1) is 15.9. The van der Waals surface area contributed by atoms with Crippen LogP contribution in [-0.2, 0) is 14.3 Å². The van der Waals surface area contributed by atoms with E-state index in [0.717, 1.165) is 22.5 Å². The summed E-state index contributed by atoms with van der Waals surface area (Å²) in [6.07, 6.45) is 0.124. The van der Waals surface area contributed by atoms with E-state index in [4.69, 9.17) is 9.47 Å². The molecule has 2 aromatic carbocycles. The monoisotopic (exact) mass is 463 g/mol. The average molecular weight is 464 g/mol. The van der Waals surface area contributed by atoms with E-state index in [9.17, 15) is 9.59 Å². The minimum Gasteiger partial charge on any atom is -0.496 e. The number of carbonyl (C=O) groups excluding carboxylic acids is 2. The number of esters is 1. The van der Waals surface area contributed by atoms with Crippen molar-refractivity contribution in [3.8, 4) is 5.75 Å². The molecule has 7 nitrogen and oxygen atoms in total. The lowest BCUT2D eigenvalue weighted by Gasteiger charge is -2.36. The second kappa shape index (κ2) is 9.54. The fourth-order valence-electron chi connectivity index (χ4n) is 3.93. The van der Waals surface area contributed by atoms with E-state index in [1.807, 2.05) is 65.8 Å². The number of amides is 1. The number of hydrogen-bond donors (Lipinski definition) is 1. The van der Waals surface area contributed by atoms with E-state index in [2.05, 4.69) is 10.3 Å². The molecular weight excluding hydrogens is 438 g/mol. The number of anilines is 1. The lowest BCUT2D eigenvalue weighted by atomic mass is 9.93. The van der Waals surface area contributed by atoms with Crippen LogP contribution in [-0.4, -0.2) is 36.2 Å². The van der Waals surface area contributed by atoms with Crippen molar-refractivity contribution in [2.45, 2.75) is 26.3 Å². The van der Waals surface area contributed by atoms with Crippen LogP contribution in [0.25, 0.3) is 0 Å². The number of ether oxygens (including phenoxy) is 2. The van der Waals surface area contributed by atoms with Crippen molar-refractivity contribution in [2.75, 3.05) is 19.5 Å². The zero-order chi connectivity index (χ0) is 23.5. The molecule has 4 rings (SSSR count). The fraction of sp³-hybridized carbons (Fsp3) is 0.240. The van der Waals surface area contributed by atoms with Crippen LogP contribution in [0, 0.1) is 6.92 Å². The number of hydrogen-bond acceptors (Lipinski definition) is 7. The standard InChI is InChI=1S/C25H25N3O4S/c1-15-9-11-17(12-10-15)27-21(29)13-18-14-33-25-26-16(2)22(24(30)32-4)23(28(18)25)19-7-5-6-8-20(19)31-3/h5-12,14,23H,13H2,1-4H3,(H,27,29). The third-order valence-electron chi connectivity index (χ3n) is 5.52. The Bertz CT molecular complexity index is 1180. The fourth-order valence-corrected chi connectivity index (χ4v) is 4.90. The number of fused-ring (bicyclic) bond motifs is 1. The summed E-state index contributed by atoms with van der Waals surface area (Å²) in [5, 5.41) is 5.55. The van der Waals surface area contributed by atoms with Crippen LogP contribution in [0.15, 0.2) is 75.9 Å². The molecule has 0 saturated carbocycles. The van der Waals surface area contributed by atoms with Gasteiger partial charge in [0.25, 0.3) is 0 Å². The van der Waals surface area contributed by atoms with Crippen LogP contribution in [0.3, 0.4) is 0 Å². The number of carbonyl (C=O) groups is 2. The lowest BCUT2D eigenvalue weighted by molar-refractivity contribution is -0.136. The van der Waals surface area contributed by atoms with Gasteiger partial charge in [0, 0.05) is 16.9 Å². The van der Waals surface area contributed by atoms with E-state index in [-0.39, 0.29) is 12.3 Å². The summed E-state index contributed by atoms with van der Waals surface area (Å²) in [6.45, 7) is 3.79. The number of methoxy groups -OCH3 is 2. The molecule has 1 atom stereocenters. The minimum atomic E-state index is -0.533. The smallest absolute Gasteiger partial charge is 0.338 e. The molecule has 0 aromatic heterocycles. The summed E-state index contributed by atoms with van der Waals surface area (Å²) in [7, 11) is 2.95. The van der Waals surface area contributed by atoms with Crippen molar-refractivity contribution in [2.24, 2.45) is 4.99 Å². The Morgan fingerprint density at radius 3 is 2.52 bits per heavy atom. The first-order valence-electron chi connectivity index (χ1n) is 10.4. The van der Waals surface area contributed by atoms with Crippen molar-refractivity contribution < 1.29 is 19.1 Å². The molecule has 0 bridgehead atoms. The number of aryl methyl sites for hydroxylation is 1. The van der Waals surface area contributed by atoms with E-state index in [0.29, 0.717) is 22.2 Å². The molecule has 0 spiro atoms. The average Bonchev–Trinajstić information content (AvgIpc) is 3.20. The Hall–Kier alpha value is -3.52. The van der Waals surface area contributed by atoms with Crippen LogP contribution < -0.4 is 10.1 Å². The van der Waals surface area contributed by atoms with Crippen molar-refractivity contribution in [1.82, 2.24) is 4.90 Å². The third kappa shape index (κ3) is 4.52. The maximum atomic E-state index is 12.9. The van der Waals surface area contributed by atoms with E-state index in [1.165, 1.54) is 18.9 Å². The zero-order valence-corrected chi connectivity index (χ0v) is 19.7. The van der Waals surface area contributed by atoms with Crippen LogP contribution in [0.2, 0.25) is 0 Å². The third-order valence-corrected chi connectivity index (χ3v) is 6.41. The highest BCUT2D eigenvalue weighted by molar-refractivity contribution is 8.16. The largest absolute Gasteiger partial charge is 0.496 e. The van der Waals surface area contributed by atoms with Gasteiger partial charge in [0.1, 0.15) is 5.75 Å². The quantitative estimate of drug-likeness (QED) is 0.621. The summed E-state index contributed by atoms with van der Waals surface area (Å²) in [5.74, 6) is 0.0153. The SMILES string of the molecule is COC(=O)C1=C(C)N=C2SC=C(CC(=O)Nc3ccc(C)cc3)N2C1c1ccccc1OC. The summed E-state index contributed by atoms with van der Waals surface area (Å²) >= 11 is 1.43. The summed E-state index contributed by atoms with van der Waals surface area (Å²) in [4.78, 5) is 32.3. The topological polar surface area (TPSA) is 80.2 Å². The highest BCUT2D eigenvalue weighted by atomic mass is 32.2. The van der Waals surface area contributed by atoms with Gasteiger partial charge >= 0.3 is 5.97 Å². The molecule has 0 fully saturated rings. The van der Waals surface area contributed by atoms with Gasteiger partial charge in [0.2, 0.25) is 5.91 Å². The summed E-state index contributed by atoms with van der Waals surface area (Å²) < 4.78 is 10.7. The molecule has 2 aliphatic rings. The minimum absolute atomic E-state index is 0.124. The Morgan fingerprint density at radius 1 is 1.09 bits per heavy atom. The van der Waals surface area contributed by atoms with Gasteiger partial charge in [-0.2, -0.15) is 0 Å². The van der Waals surface area contributed by atoms with Crippen LogP contribution in [0.4, 0.5) is 5.69 Å². The normalized spacial score (nSPS) is 17.2. The molecule has 0 saturated heterocycles. The Labute approximate surface area is 197 Å². The molecular formula is C25H25N3O4S. The van der Waals surface area contributed by atoms with E-state index in [1.54, 1.807) is 14.0 Å². The number of para-hydroxylation sites is 1. The van der Waals surface area contributed by atoms with Gasteiger partial charge in [-0.05, 0) is 37.5 Å². The zero-order valence-electron chi connectivity index (χ0n) is 18.9. The highest BCUT2D eigenvalue weighted by Crippen LogP contribution is 2.46. The maximum Gasteiger partial charge on any atom is 0.338 e. The number of amidine groups is 1. The van der Waals surface area contributed by atoms with Gasteiger partial charge < -0.3 is 19.7 Å². The second-order valence-electron chi connectivity index (χ2n) is 7.72. The molecule has 0 radical (unpaired) electrons. The van der Waals surface area contributed by atoms with Gasteiger partial charge in [-0.3, -0.25) is 4.79 Å². The molecule has 0 aliphatic carbocycles. The van der Waals surface area contributed by atoms with Crippen molar-refractivity contribution in [3.05, 3.63) is 82.0 Å². The molecule has 2 heterocycles. The van der Waals surface area contributed by atoms with Crippen LogP contribution in [0.1, 0.15) is 30.5 Å². The molecule has 8 heteroatoms. The number of allylic oxidation sites excluding steroid dienone is 1. The van der Waals surface area contributed by atoms with Gasteiger partial charge in [-0.25, -0.2) is 9.79 Å². The number of thioether (sulfide) groups is 1. The highest BCUT2D eigenvalue weighted by Gasteiger charge is 2.42. The predicted molar refractivity (Wildman–Crippen MR) is 130 cm³/mol. The molecule has 2 aromatic rings. The van der Waals surface area contributed by atoms with Crippen LogP contribution >= 0.6 is 11.8 Å². The molecule has 170 valence electrons. The van der Waals surface area contributed by atoms with Gasteiger partial charge in [0.15, 0.2) is 5.17 Å². The van der Waals surface area contributed by atoms with Crippen molar-refractivity contribution in [1.29, 1.82) is 0 Å². The predicted octanol–water partition coefficient (Wildman–Crippen LogP) is 4.78. The molecule has 33 heavy (non-hydrogen) atoms. The molecule has 1 amide bonds. The number of aliphatic imine (C=N–C) groups is 1. The first-order valence-corrected chi connectivity index (χ1v) is 11.3. The summed E-state index contributed by atoms with van der Waals surface area (Å²) in [6, 6.07) is 14.6. The molecule has 1 unspecified atom stereocenters. The lowest BCUT2D eigenvalue weighted by Crippen LogP contribution is -2.37. The number of nitrogens with one attached hydrogen (secondary N) is 1. The van der Waals surface area contributed by atoms with Crippen LogP contribution in [0.5, 0.6) is 5.75 Å². The number of rotatable bonds is 6. The Kier molecular flexibility index (Phi) is 6.55. The molecule has 1 N–H and O–H groups in total. The number of benzene rings is 2. The Balaban J connectivity index is 1.69. The maximum absolute atomic E-state index is 12.9. The van der Waals surface area contributed by atoms with E-state index >= 15 is 0 Å². The number of nitrogens with zero attached hydrogens (tertiary/aromatic N) is 2. The second-order valence-corrected chi connectivity index (χ2v) is 8.55. The first kappa shape index (κ1) is 22.7.